The third-order valence-electron chi connectivity index (χ3n) is 4.87. The second kappa shape index (κ2) is 8.91. The fourth-order valence-electron chi connectivity index (χ4n) is 3.57. The molecule has 28 heavy (non-hydrogen) atoms. The molecule has 0 aliphatic heterocycles. The summed E-state index contributed by atoms with van der Waals surface area (Å²) in [6.07, 6.45) is 5.79. The number of rotatable bonds is 8. The van der Waals surface area contributed by atoms with Gasteiger partial charge >= 0.3 is 5.97 Å². The number of nitrogens with zero attached hydrogens (tertiary/aromatic N) is 2. The molecule has 1 unspecified atom stereocenters. The lowest BCUT2D eigenvalue weighted by molar-refractivity contribution is 0.0527. The Morgan fingerprint density at radius 1 is 1.25 bits per heavy atom. The van der Waals surface area contributed by atoms with Crippen LogP contribution in [0.15, 0.2) is 42.7 Å². The first-order valence-corrected chi connectivity index (χ1v) is 9.90. The van der Waals surface area contributed by atoms with Gasteiger partial charge in [0.05, 0.1) is 18.3 Å². The Morgan fingerprint density at radius 2 is 2.07 bits per heavy atom. The minimum absolute atomic E-state index is 0.132. The predicted molar refractivity (Wildman–Crippen MR) is 111 cm³/mol. The number of ether oxygens (including phenoxy) is 2. The molecule has 0 aliphatic rings. The van der Waals surface area contributed by atoms with Crippen LogP contribution in [0.4, 0.5) is 0 Å². The number of fused-ring (bicyclic) bond motifs is 1. The van der Waals surface area contributed by atoms with Crippen molar-refractivity contribution in [2.75, 3.05) is 6.61 Å². The van der Waals surface area contributed by atoms with Gasteiger partial charge in [-0.05, 0) is 57.0 Å². The molecule has 2 heterocycles. The van der Waals surface area contributed by atoms with Crippen LogP contribution in [0.3, 0.4) is 0 Å². The summed E-state index contributed by atoms with van der Waals surface area (Å²) in [6.45, 7) is 8.98. The minimum Gasteiger partial charge on any atom is -0.491 e. The first-order chi connectivity index (χ1) is 13.5. The summed E-state index contributed by atoms with van der Waals surface area (Å²) in [5.74, 6) is 0.478. The van der Waals surface area contributed by atoms with E-state index < -0.39 is 0 Å². The lowest BCUT2D eigenvalue weighted by Gasteiger charge is -2.14. The number of hydrogen-bond acceptors (Lipinski definition) is 4. The molecule has 0 fully saturated rings. The average Bonchev–Trinajstić information content (AvgIpc) is 2.94. The zero-order chi connectivity index (χ0) is 20.1. The topological polar surface area (TPSA) is 53.4 Å². The highest BCUT2D eigenvalue weighted by Gasteiger charge is 2.22. The summed E-state index contributed by atoms with van der Waals surface area (Å²) in [4.78, 5) is 16.9. The van der Waals surface area contributed by atoms with Crippen LogP contribution in [0.25, 0.3) is 10.9 Å². The van der Waals surface area contributed by atoms with Gasteiger partial charge in [0.2, 0.25) is 0 Å². The Labute approximate surface area is 166 Å². The van der Waals surface area contributed by atoms with Crippen LogP contribution >= 0.6 is 0 Å². The number of carbonyl (C=O) groups is 1. The van der Waals surface area contributed by atoms with Crippen LogP contribution < -0.4 is 4.74 Å². The molecule has 3 aromatic rings. The highest BCUT2D eigenvalue weighted by atomic mass is 16.5. The lowest BCUT2D eigenvalue weighted by atomic mass is 10.1. The molecule has 0 saturated heterocycles. The van der Waals surface area contributed by atoms with E-state index in [0.29, 0.717) is 18.7 Å². The third-order valence-corrected chi connectivity index (χ3v) is 4.87. The summed E-state index contributed by atoms with van der Waals surface area (Å²) in [7, 11) is 0. The van der Waals surface area contributed by atoms with Crippen molar-refractivity contribution in [3.63, 3.8) is 0 Å². The highest BCUT2D eigenvalue weighted by molar-refractivity contribution is 6.06. The Kier molecular flexibility index (Phi) is 6.34. The number of pyridine rings is 1. The van der Waals surface area contributed by atoms with E-state index in [0.717, 1.165) is 40.8 Å². The van der Waals surface area contributed by atoms with E-state index in [1.165, 1.54) is 0 Å². The highest BCUT2D eigenvalue weighted by Crippen LogP contribution is 2.31. The molecule has 3 rings (SSSR count). The zero-order valence-electron chi connectivity index (χ0n) is 17.1. The molecule has 1 aromatic carbocycles. The molecule has 5 nitrogen and oxygen atoms in total. The van der Waals surface area contributed by atoms with E-state index in [4.69, 9.17) is 9.47 Å². The summed E-state index contributed by atoms with van der Waals surface area (Å²) in [5, 5.41) is 0.862. The van der Waals surface area contributed by atoms with Gasteiger partial charge in [-0.2, -0.15) is 0 Å². The van der Waals surface area contributed by atoms with Gasteiger partial charge in [0, 0.05) is 35.5 Å². The van der Waals surface area contributed by atoms with Gasteiger partial charge in [-0.25, -0.2) is 4.79 Å². The molecular weight excluding hydrogens is 352 g/mol. The van der Waals surface area contributed by atoms with Gasteiger partial charge in [-0.15, -0.1) is 0 Å². The summed E-state index contributed by atoms with van der Waals surface area (Å²) >= 11 is 0. The molecular formula is C23H28N2O3. The molecule has 5 heteroatoms. The van der Waals surface area contributed by atoms with Crippen LogP contribution in [-0.2, 0) is 11.3 Å². The number of esters is 1. The molecule has 2 aromatic heterocycles. The standard InChI is InChI=1S/C23H28N2O3/c1-5-8-16(3)28-19-10-11-21-20(13-19)22(23(26)27-6-2)17(4)25(21)15-18-9-7-12-24-14-18/h7,9-14,16H,5-6,8,15H2,1-4H3. The quantitative estimate of drug-likeness (QED) is 0.508. The van der Waals surface area contributed by atoms with Crippen LogP contribution in [0.5, 0.6) is 5.75 Å². The van der Waals surface area contributed by atoms with E-state index in [1.807, 2.05) is 50.4 Å². The van der Waals surface area contributed by atoms with Gasteiger partial charge in [0.1, 0.15) is 5.75 Å². The molecule has 0 N–H and O–H groups in total. The Bertz CT molecular complexity index is 947. The second-order valence-corrected chi connectivity index (χ2v) is 7.02. The van der Waals surface area contributed by atoms with Crippen molar-refractivity contribution in [1.82, 2.24) is 9.55 Å². The summed E-state index contributed by atoms with van der Waals surface area (Å²) < 4.78 is 13.5. The maximum Gasteiger partial charge on any atom is 0.340 e. The Hall–Kier alpha value is -2.82. The number of aromatic nitrogens is 2. The number of hydrogen-bond donors (Lipinski definition) is 0. The monoisotopic (exact) mass is 380 g/mol. The number of benzene rings is 1. The fraction of sp³-hybridized carbons (Fsp3) is 0.391. The van der Waals surface area contributed by atoms with Crippen LogP contribution in [0, 0.1) is 6.92 Å². The molecule has 1 atom stereocenters. The van der Waals surface area contributed by atoms with Crippen molar-refractivity contribution < 1.29 is 14.3 Å². The van der Waals surface area contributed by atoms with E-state index >= 15 is 0 Å². The normalized spacial score (nSPS) is 12.1. The van der Waals surface area contributed by atoms with Crippen LogP contribution in [-0.4, -0.2) is 28.2 Å². The van der Waals surface area contributed by atoms with Crippen molar-refractivity contribution in [2.24, 2.45) is 0 Å². The van der Waals surface area contributed by atoms with Gasteiger partial charge in [-0.3, -0.25) is 4.98 Å². The van der Waals surface area contributed by atoms with Gasteiger partial charge in [-0.1, -0.05) is 19.4 Å². The molecule has 0 spiro atoms. The average molecular weight is 380 g/mol. The van der Waals surface area contributed by atoms with Crippen molar-refractivity contribution in [1.29, 1.82) is 0 Å². The molecule has 0 aliphatic carbocycles. The maximum atomic E-state index is 12.7. The maximum absolute atomic E-state index is 12.7. The fourth-order valence-corrected chi connectivity index (χ4v) is 3.57. The van der Waals surface area contributed by atoms with Crippen molar-refractivity contribution in [3.8, 4) is 5.75 Å². The van der Waals surface area contributed by atoms with Crippen molar-refractivity contribution in [3.05, 3.63) is 59.5 Å². The Balaban J connectivity index is 2.08. The summed E-state index contributed by atoms with van der Waals surface area (Å²) in [5.41, 5.74) is 3.56. The lowest BCUT2D eigenvalue weighted by Crippen LogP contribution is -2.11. The SMILES string of the molecule is CCCC(C)Oc1ccc2c(c1)c(C(=O)OCC)c(C)n2Cc1cccnc1. The third kappa shape index (κ3) is 4.19. The molecule has 0 saturated carbocycles. The van der Waals surface area contributed by atoms with E-state index in [2.05, 4.69) is 23.4 Å². The molecule has 148 valence electrons. The van der Waals surface area contributed by atoms with Crippen LogP contribution in [0.1, 0.15) is 55.2 Å². The van der Waals surface area contributed by atoms with Gasteiger partial charge < -0.3 is 14.0 Å². The first kappa shape index (κ1) is 19.9. The smallest absolute Gasteiger partial charge is 0.340 e. The summed E-state index contributed by atoms with van der Waals surface area (Å²) in [6, 6.07) is 9.91. The van der Waals surface area contributed by atoms with Gasteiger partial charge in [0.15, 0.2) is 0 Å². The van der Waals surface area contributed by atoms with Crippen LogP contribution in [0.2, 0.25) is 0 Å². The van der Waals surface area contributed by atoms with Gasteiger partial charge in [0.25, 0.3) is 0 Å². The molecule has 0 bridgehead atoms. The molecule has 0 radical (unpaired) electrons. The zero-order valence-corrected chi connectivity index (χ0v) is 17.1. The Morgan fingerprint density at radius 3 is 2.75 bits per heavy atom. The van der Waals surface area contributed by atoms with E-state index in [9.17, 15) is 4.79 Å². The molecule has 0 amide bonds. The minimum atomic E-state index is -0.298. The predicted octanol–water partition coefficient (Wildman–Crippen LogP) is 5.14. The second-order valence-electron chi connectivity index (χ2n) is 7.02. The van der Waals surface area contributed by atoms with Crippen molar-refractivity contribution in [2.45, 2.75) is 53.2 Å². The first-order valence-electron chi connectivity index (χ1n) is 9.90. The number of carbonyl (C=O) groups excluding carboxylic acids is 1. The van der Waals surface area contributed by atoms with E-state index in [-0.39, 0.29) is 12.1 Å². The van der Waals surface area contributed by atoms with Crippen molar-refractivity contribution >= 4 is 16.9 Å². The van der Waals surface area contributed by atoms with E-state index in [1.54, 1.807) is 6.20 Å². The largest absolute Gasteiger partial charge is 0.491 e.